The summed E-state index contributed by atoms with van der Waals surface area (Å²) in [4.78, 5) is 10.3. The zero-order valence-corrected chi connectivity index (χ0v) is 7.06. The van der Waals surface area contributed by atoms with Crippen molar-refractivity contribution in [2.45, 2.75) is 13.0 Å². The lowest BCUT2D eigenvalue weighted by Crippen LogP contribution is -2.01. The average molecular weight is 168 g/mol. The highest BCUT2D eigenvalue weighted by Gasteiger charge is 1.95. The molecular weight excluding hydrogens is 156 g/mol. The van der Waals surface area contributed by atoms with E-state index in [-0.39, 0.29) is 0 Å². The van der Waals surface area contributed by atoms with Crippen LogP contribution in [-0.2, 0) is 11.3 Å². The van der Waals surface area contributed by atoms with Crippen molar-refractivity contribution >= 4 is 6.29 Å². The van der Waals surface area contributed by atoms with Crippen LogP contribution in [-0.4, -0.2) is 29.8 Å². The highest BCUT2D eigenvalue weighted by atomic mass is 16.5. The second kappa shape index (κ2) is 4.66. The van der Waals surface area contributed by atoms with E-state index >= 15 is 0 Å². The van der Waals surface area contributed by atoms with Gasteiger partial charge in [-0.1, -0.05) is 0 Å². The maximum atomic E-state index is 10.3. The van der Waals surface area contributed by atoms with E-state index in [9.17, 15) is 4.79 Å². The third kappa shape index (κ3) is 2.47. The molecule has 0 saturated carbocycles. The van der Waals surface area contributed by atoms with E-state index in [4.69, 9.17) is 4.74 Å². The van der Waals surface area contributed by atoms with Gasteiger partial charge in [-0.05, 0) is 6.42 Å². The molecule has 1 rings (SSSR count). The summed E-state index contributed by atoms with van der Waals surface area (Å²) >= 11 is 0. The molecule has 4 nitrogen and oxygen atoms in total. The highest BCUT2D eigenvalue weighted by Crippen LogP contribution is 1.94. The summed E-state index contributed by atoms with van der Waals surface area (Å²) in [7, 11) is 1.67. The van der Waals surface area contributed by atoms with Gasteiger partial charge in [0.2, 0.25) is 0 Å². The van der Waals surface area contributed by atoms with Gasteiger partial charge < -0.3 is 4.74 Å². The molecule has 1 aromatic heterocycles. The first kappa shape index (κ1) is 8.93. The number of rotatable bonds is 5. The topological polar surface area (TPSA) is 44.1 Å². The summed E-state index contributed by atoms with van der Waals surface area (Å²) in [5, 5.41) is 3.99. The molecule has 0 N–H and O–H groups in total. The Hall–Kier alpha value is -1.16. The number of aryl methyl sites for hydroxylation is 1. The van der Waals surface area contributed by atoms with Crippen molar-refractivity contribution in [3.05, 3.63) is 18.0 Å². The number of methoxy groups -OCH3 is 1. The van der Waals surface area contributed by atoms with E-state index < -0.39 is 0 Å². The normalized spacial score (nSPS) is 10.1. The number of carbonyl (C=O) groups excluding carboxylic acids is 1. The Morgan fingerprint density at radius 2 is 2.58 bits per heavy atom. The Labute approximate surface area is 71.1 Å². The summed E-state index contributed by atoms with van der Waals surface area (Å²) in [5.74, 6) is 0. The third-order valence-electron chi connectivity index (χ3n) is 1.52. The molecule has 0 aromatic carbocycles. The quantitative estimate of drug-likeness (QED) is 0.481. The van der Waals surface area contributed by atoms with Crippen LogP contribution in [0.4, 0.5) is 0 Å². The molecule has 1 aromatic rings. The van der Waals surface area contributed by atoms with Crippen molar-refractivity contribution < 1.29 is 9.53 Å². The Balaban J connectivity index is 2.36. The van der Waals surface area contributed by atoms with Gasteiger partial charge in [0.05, 0.1) is 11.8 Å². The lowest BCUT2D eigenvalue weighted by molar-refractivity contribution is 0.112. The number of ether oxygens (including phenoxy) is 1. The van der Waals surface area contributed by atoms with Crippen molar-refractivity contribution in [3.8, 4) is 0 Å². The highest BCUT2D eigenvalue weighted by molar-refractivity contribution is 5.73. The van der Waals surface area contributed by atoms with Crippen molar-refractivity contribution in [1.29, 1.82) is 0 Å². The maximum Gasteiger partial charge on any atom is 0.153 e. The minimum absolute atomic E-state index is 0.618. The van der Waals surface area contributed by atoms with E-state index in [2.05, 4.69) is 5.10 Å². The minimum Gasteiger partial charge on any atom is -0.385 e. The molecule has 4 heteroatoms. The number of hydrogen-bond donors (Lipinski definition) is 0. The zero-order chi connectivity index (χ0) is 8.81. The molecule has 0 amide bonds. The van der Waals surface area contributed by atoms with Crippen LogP contribution in [0.1, 0.15) is 16.8 Å². The first-order chi connectivity index (χ1) is 5.86. The molecule has 0 bridgehead atoms. The summed E-state index contributed by atoms with van der Waals surface area (Å²) in [5.41, 5.74) is 0.618. The fraction of sp³-hybridized carbons (Fsp3) is 0.500. The SMILES string of the molecule is COCCCn1cc(C=O)cn1. The van der Waals surface area contributed by atoms with E-state index in [1.54, 1.807) is 24.2 Å². The number of aromatic nitrogens is 2. The smallest absolute Gasteiger partial charge is 0.153 e. The summed E-state index contributed by atoms with van der Waals surface area (Å²) < 4.78 is 6.62. The predicted octanol–water partition coefficient (Wildman–Crippen LogP) is 0.732. The number of aldehydes is 1. The number of carbonyl (C=O) groups is 1. The van der Waals surface area contributed by atoms with Crippen LogP contribution in [0.15, 0.2) is 12.4 Å². The Kier molecular flexibility index (Phi) is 3.47. The Bertz CT molecular complexity index is 245. The van der Waals surface area contributed by atoms with Crippen molar-refractivity contribution in [3.63, 3.8) is 0 Å². The minimum atomic E-state index is 0.618. The third-order valence-corrected chi connectivity index (χ3v) is 1.52. The molecule has 0 unspecified atom stereocenters. The van der Waals surface area contributed by atoms with Crippen LogP contribution in [0, 0.1) is 0 Å². The van der Waals surface area contributed by atoms with Crippen molar-refractivity contribution in [1.82, 2.24) is 9.78 Å². The van der Waals surface area contributed by atoms with Gasteiger partial charge in [0.25, 0.3) is 0 Å². The van der Waals surface area contributed by atoms with Crippen LogP contribution in [0.3, 0.4) is 0 Å². The van der Waals surface area contributed by atoms with Crippen molar-refractivity contribution in [2.24, 2.45) is 0 Å². The van der Waals surface area contributed by atoms with Gasteiger partial charge in [-0.25, -0.2) is 0 Å². The molecule has 66 valence electrons. The molecule has 0 aliphatic heterocycles. The molecular formula is C8H12N2O2. The fourth-order valence-corrected chi connectivity index (χ4v) is 0.934. The van der Waals surface area contributed by atoms with Gasteiger partial charge in [-0.3, -0.25) is 9.48 Å². The summed E-state index contributed by atoms with van der Waals surface area (Å²) in [6.07, 6.45) is 4.98. The molecule has 1 heterocycles. The first-order valence-electron chi connectivity index (χ1n) is 3.83. The molecule has 0 spiro atoms. The largest absolute Gasteiger partial charge is 0.385 e. The lowest BCUT2D eigenvalue weighted by atomic mass is 10.4. The van der Waals surface area contributed by atoms with E-state index in [1.165, 1.54) is 0 Å². The van der Waals surface area contributed by atoms with Gasteiger partial charge >= 0.3 is 0 Å². The molecule has 0 saturated heterocycles. The van der Waals surface area contributed by atoms with Crippen LogP contribution >= 0.6 is 0 Å². The van der Waals surface area contributed by atoms with E-state index in [0.29, 0.717) is 5.56 Å². The average Bonchev–Trinajstić information content (AvgIpc) is 2.53. The zero-order valence-electron chi connectivity index (χ0n) is 7.06. The first-order valence-corrected chi connectivity index (χ1v) is 3.83. The predicted molar refractivity (Wildman–Crippen MR) is 44.1 cm³/mol. The Morgan fingerprint density at radius 3 is 3.17 bits per heavy atom. The fourth-order valence-electron chi connectivity index (χ4n) is 0.934. The lowest BCUT2D eigenvalue weighted by Gasteiger charge is -1.98. The van der Waals surface area contributed by atoms with E-state index in [0.717, 1.165) is 25.9 Å². The summed E-state index contributed by atoms with van der Waals surface area (Å²) in [6, 6.07) is 0. The van der Waals surface area contributed by atoms with Crippen molar-refractivity contribution in [2.75, 3.05) is 13.7 Å². The molecule has 0 aliphatic rings. The van der Waals surface area contributed by atoms with Gasteiger partial charge in [-0.15, -0.1) is 0 Å². The second-order valence-electron chi connectivity index (χ2n) is 2.50. The number of nitrogens with zero attached hydrogens (tertiary/aromatic N) is 2. The molecule has 0 radical (unpaired) electrons. The van der Waals surface area contributed by atoms with Crippen LogP contribution in [0.25, 0.3) is 0 Å². The van der Waals surface area contributed by atoms with E-state index in [1.807, 2.05) is 0 Å². The molecule has 0 atom stereocenters. The number of hydrogen-bond acceptors (Lipinski definition) is 3. The molecule has 0 aliphatic carbocycles. The maximum absolute atomic E-state index is 10.3. The molecule has 12 heavy (non-hydrogen) atoms. The Morgan fingerprint density at radius 1 is 1.75 bits per heavy atom. The monoisotopic (exact) mass is 168 g/mol. The van der Waals surface area contributed by atoms with Gasteiger partial charge in [0.15, 0.2) is 6.29 Å². The summed E-state index contributed by atoms with van der Waals surface area (Å²) in [6.45, 7) is 1.51. The van der Waals surface area contributed by atoms with Gasteiger partial charge in [-0.2, -0.15) is 5.10 Å². The second-order valence-corrected chi connectivity index (χ2v) is 2.50. The molecule has 0 fully saturated rings. The standard InChI is InChI=1S/C8H12N2O2/c1-12-4-2-3-10-6-8(7-11)5-9-10/h5-7H,2-4H2,1H3. The van der Waals surface area contributed by atoms with Crippen LogP contribution in [0.5, 0.6) is 0 Å². The van der Waals surface area contributed by atoms with Gasteiger partial charge in [0.1, 0.15) is 0 Å². The van der Waals surface area contributed by atoms with Crippen LogP contribution in [0.2, 0.25) is 0 Å². The van der Waals surface area contributed by atoms with Gasteiger partial charge in [0, 0.05) is 26.5 Å². The van der Waals surface area contributed by atoms with Crippen LogP contribution < -0.4 is 0 Å².